The van der Waals surface area contributed by atoms with E-state index >= 15 is 0 Å². The van der Waals surface area contributed by atoms with Crippen molar-refractivity contribution in [3.05, 3.63) is 53.3 Å². The summed E-state index contributed by atoms with van der Waals surface area (Å²) >= 11 is 0. The maximum Gasteiger partial charge on any atom is 0.0604 e. The van der Waals surface area contributed by atoms with Gasteiger partial charge in [-0.3, -0.25) is 4.68 Å². The number of aromatic nitrogens is 2. The number of rotatable bonds is 6. The van der Waals surface area contributed by atoms with Gasteiger partial charge < -0.3 is 5.32 Å². The third-order valence-corrected chi connectivity index (χ3v) is 3.41. The Labute approximate surface area is 115 Å². The fraction of sp³-hybridized carbons (Fsp3) is 0.438. The summed E-state index contributed by atoms with van der Waals surface area (Å²) in [5, 5.41) is 7.81. The number of hydrogen-bond donors (Lipinski definition) is 1. The molecule has 0 amide bonds. The van der Waals surface area contributed by atoms with Crippen molar-refractivity contribution in [3.63, 3.8) is 0 Å². The zero-order valence-corrected chi connectivity index (χ0v) is 12.1. The molecule has 1 heterocycles. The van der Waals surface area contributed by atoms with Gasteiger partial charge in [0.25, 0.3) is 0 Å². The maximum atomic E-state index is 4.45. The van der Waals surface area contributed by atoms with E-state index in [2.05, 4.69) is 41.6 Å². The Balaban J connectivity index is 2.08. The Morgan fingerprint density at radius 3 is 2.47 bits per heavy atom. The van der Waals surface area contributed by atoms with Crippen LogP contribution in [0.5, 0.6) is 0 Å². The van der Waals surface area contributed by atoms with Crippen LogP contribution in [0.1, 0.15) is 36.2 Å². The molecule has 0 aliphatic heterocycles. The second kappa shape index (κ2) is 6.53. The van der Waals surface area contributed by atoms with Crippen molar-refractivity contribution in [1.29, 1.82) is 0 Å². The molecule has 1 unspecified atom stereocenters. The highest BCUT2D eigenvalue weighted by atomic mass is 15.3. The molecule has 1 atom stereocenters. The first kappa shape index (κ1) is 13.8. The van der Waals surface area contributed by atoms with E-state index < -0.39 is 0 Å². The lowest BCUT2D eigenvalue weighted by Gasteiger charge is -2.17. The van der Waals surface area contributed by atoms with Crippen molar-refractivity contribution in [2.75, 3.05) is 7.05 Å². The topological polar surface area (TPSA) is 29.9 Å². The highest BCUT2D eigenvalue weighted by molar-refractivity contribution is 5.25. The number of likely N-dealkylation sites (N-methyl/N-ethyl adjacent to an activating group) is 1. The van der Waals surface area contributed by atoms with Gasteiger partial charge in [0.1, 0.15) is 0 Å². The third kappa shape index (κ3) is 3.67. The summed E-state index contributed by atoms with van der Waals surface area (Å²) in [6.45, 7) is 5.09. The van der Waals surface area contributed by atoms with Crippen LogP contribution in [-0.4, -0.2) is 16.8 Å². The molecule has 0 aliphatic carbocycles. The monoisotopic (exact) mass is 257 g/mol. The average molecular weight is 257 g/mol. The maximum absolute atomic E-state index is 4.45. The number of aryl methyl sites for hydroxylation is 2. The standard InChI is InChI=1S/C16H23N3/c1-4-5-14-6-8-15(9-7-14)16(17-3)12-19-11-10-13(2)18-19/h6-11,16-17H,4-5,12H2,1-3H3. The molecule has 0 spiro atoms. The molecule has 1 N–H and O–H groups in total. The molecule has 0 fully saturated rings. The molecule has 2 rings (SSSR count). The summed E-state index contributed by atoms with van der Waals surface area (Å²) in [4.78, 5) is 0. The quantitative estimate of drug-likeness (QED) is 0.861. The van der Waals surface area contributed by atoms with E-state index in [1.807, 2.05) is 30.9 Å². The predicted octanol–water partition coefficient (Wildman–Crippen LogP) is 3.10. The fourth-order valence-corrected chi connectivity index (χ4v) is 2.32. The van der Waals surface area contributed by atoms with Gasteiger partial charge in [-0.15, -0.1) is 0 Å². The lowest BCUT2D eigenvalue weighted by molar-refractivity contribution is 0.467. The first-order chi connectivity index (χ1) is 9.22. The largest absolute Gasteiger partial charge is 0.311 e. The normalized spacial score (nSPS) is 12.6. The molecular weight excluding hydrogens is 234 g/mol. The molecule has 3 heteroatoms. The van der Waals surface area contributed by atoms with Crippen LogP contribution in [0.4, 0.5) is 0 Å². The van der Waals surface area contributed by atoms with Crippen LogP contribution in [-0.2, 0) is 13.0 Å². The number of nitrogens with zero attached hydrogens (tertiary/aromatic N) is 2. The minimum atomic E-state index is 0.301. The Hall–Kier alpha value is -1.61. The average Bonchev–Trinajstić information content (AvgIpc) is 2.83. The highest BCUT2D eigenvalue weighted by Crippen LogP contribution is 2.16. The number of benzene rings is 1. The zero-order chi connectivity index (χ0) is 13.7. The Kier molecular flexibility index (Phi) is 4.74. The summed E-state index contributed by atoms with van der Waals surface area (Å²) in [7, 11) is 2.00. The van der Waals surface area contributed by atoms with E-state index in [0.717, 1.165) is 18.7 Å². The van der Waals surface area contributed by atoms with Crippen molar-refractivity contribution in [2.24, 2.45) is 0 Å². The lowest BCUT2D eigenvalue weighted by atomic mass is 10.0. The molecule has 2 aromatic rings. The van der Waals surface area contributed by atoms with E-state index in [4.69, 9.17) is 0 Å². The second-order valence-electron chi connectivity index (χ2n) is 5.01. The molecule has 19 heavy (non-hydrogen) atoms. The minimum Gasteiger partial charge on any atom is -0.311 e. The lowest BCUT2D eigenvalue weighted by Crippen LogP contribution is -2.22. The molecule has 0 aliphatic rings. The van der Waals surface area contributed by atoms with Gasteiger partial charge in [-0.25, -0.2) is 0 Å². The first-order valence-electron chi connectivity index (χ1n) is 6.99. The van der Waals surface area contributed by atoms with Crippen molar-refractivity contribution in [2.45, 2.75) is 39.3 Å². The van der Waals surface area contributed by atoms with Crippen LogP contribution in [0.3, 0.4) is 0 Å². The van der Waals surface area contributed by atoms with Gasteiger partial charge in [-0.2, -0.15) is 5.10 Å². The van der Waals surface area contributed by atoms with Crippen LogP contribution in [0, 0.1) is 6.92 Å². The Morgan fingerprint density at radius 2 is 1.95 bits per heavy atom. The van der Waals surface area contributed by atoms with E-state index in [1.165, 1.54) is 17.5 Å². The van der Waals surface area contributed by atoms with Gasteiger partial charge in [-0.05, 0) is 37.6 Å². The molecule has 1 aromatic heterocycles. The fourth-order valence-electron chi connectivity index (χ4n) is 2.32. The minimum absolute atomic E-state index is 0.301. The van der Waals surface area contributed by atoms with E-state index in [1.54, 1.807) is 0 Å². The van der Waals surface area contributed by atoms with Crippen molar-refractivity contribution in [3.8, 4) is 0 Å². The molecule has 0 saturated carbocycles. The summed E-state index contributed by atoms with van der Waals surface area (Å²) in [6.07, 6.45) is 4.38. The summed E-state index contributed by atoms with van der Waals surface area (Å²) in [6, 6.07) is 11.3. The summed E-state index contributed by atoms with van der Waals surface area (Å²) in [5.74, 6) is 0. The molecule has 102 valence electrons. The van der Waals surface area contributed by atoms with Crippen LogP contribution < -0.4 is 5.32 Å². The number of nitrogens with one attached hydrogen (secondary N) is 1. The summed E-state index contributed by atoms with van der Waals surface area (Å²) < 4.78 is 2.00. The highest BCUT2D eigenvalue weighted by Gasteiger charge is 2.10. The first-order valence-corrected chi connectivity index (χ1v) is 6.99. The van der Waals surface area contributed by atoms with Gasteiger partial charge >= 0.3 is 0 Å². The van der Waals surface area contributed by atoms with Crippen molar-refractivity contribution >= 4 is 0 Å². The molecule has 3 nitrogen and oxygen atoms in total. The Bertz CT molecular complexity index is 499. The molecule has 0 saturated heterocycles. The molecule has 0 radical (unpaired) electrons. The van der Waals surface area contributed by atoms with Gasteiger partial charge in [-0.1, -0.05) is 37.6 Å². The van der Waals surface area contributed by atoms with Crippen molar-refractivity contribution < 1.29 is 0 Å². The second-order valence-corrected chi connectivity index (χ2v) is 5.01. The Morgan fingerprint density at radius 1 is 1.21 bits per heavy atom. The number of hydrogen-bond acceptors (Lipinski definition) is 2. The third-order valence-electron chi connectivity index (χ3n) is 3.41. The van der Waals surface area contributed by atoms with E-state index in [0.29, 0.717) is 6.04 Å². The van der Waals surface area contributed by atoms with Crippen LogP contribution in [0.2, 0.25) is 0 Å². The van der Waals surface area contributed by atoms with E-state index in [9.17, 15) is 0 Å². The van der Waals surface area contributed by atoms with Crippen LogP contribution >= 0.6 is 0 Å². The summed E-state index contributed by atoms with van der Waals surface area (Å²) in [5.41, 5.74) is 3.79. The van der Waals surface area contributed by atoms with Crippen LogP contribution in [0.25, 0.3) is 0 Å². The smallest absolute Gasteiger partial charge is 0.0604 e. The van der Waals surface area contributed by atoms with E-state index in [-0.39, 0.29) is 0 Å². The SMILES string of the molecule is CCCc1ccc(C(Cn2ccc(C)n2)NC)cc1. The van der Waals surface area contributed by atoms with Crippen LogP contribution in [0.15, 0.2) is 36.5 Å². The zero-order valence-electron chi connectivity index (χ0n) is 12.1. The predicted molar refractivity (Wildman–Crippen MR) is 79.2 cm³/mol. The molecule has 1 aromatic carbocycles. The van der Waals surface area contributed by atoms with Gasteiger partial charge in [0, 0.05) is 6.20 Å². The molecular formula is C16H23N3. The van der Waals surface area contributed by atoms with Crippen molar-refractivity contribution in [1.82, 2.24) is 15.1 Å². The van der Waals surface area contributed by atoms with Gasteiger partial charge in [0.2, 0.25) is 0 Å². The van der Waals surface area contributed by atoms with Gasteiger partial charge in [0.05, 0.1) is 18.3 Å². The molecule has 0 bridgehead atoms. The van der Waals surface area contributed by atoms with Gasteiger partial charge in [0.15, 0.2) is 0 Å².